The quantitative estimate of drug-likeness (QED) is 0.504. The lowest BCUT2D eigenvalue weighted by Crippen LogP contribution is -2.46. The van der Waals surface area contributed by atoms with E-state index < -0.39 is 11.1 Å². The number of furan rings is 1. The number of morpholine rings is 1. The molecule has 0 N–H and O–H groups in total. The standard InChI is InChI=1S/C20H16BrClN2O5S2/c21-15-9-13(29-19(15)30-14-3-1-12(22)2-4-14)10-16-18(26)24(20(27)31-16)11-17(25)23-5-7-28-8-6-23/h1-4,9-10H,5-8,11H2/b16-10+. The van der Waals surface area contributed by atoms with Crippen LogP contribution in [0.1, 0.15) is 5.76 Å². The Labute approximate surface area is 200 Å². The lowest BCUT2D eigenvalue weighted by atomic mass is 10.3. The molecule has 1 aromatic heterocycles. The average molecular weight is 544 g/mol. The molecule has 2 fully saturated rings. The van der Waals surface area contributed by atoms with Crippen LogP contribution in [-0.2, 0) is 14.3 Å². The van der Waals surface area contributed by atoms with Crippen LogP contribution in [0.5, 0.6) is 0 Å². The highest BCUT2D eigenvalue weighted by molar-refractivity contribution is 9.10. The van der Waals surface area contributed by atoms with Gasteiger partial charge in [-0.05, 0) is 58.0 Å². The van der Waals surface area contributed by atoms with E-state index in [0.717, 1.165) is 26.0 Å². The van der Waals surface area contributed by atoms with Gasteiger partial charge < -0.3 is 14.1 Å². The Morgan fingerprint density at radius 1 is 1.23 bits per heavy atom. The normalized spacial score (nSPS) is 18.3. The molecule has 0 spiro atoms. The molecule has 7 nitrogen and oxygen atoms in total. The van der Waals surface area contributed by atoms with E-state index in [1.165, 1.54) is 17.8 Å². The van der Waals surface area contributed by atoms with Crippen LogP contribution in [0, 0.1) is 0 Å². The second-order valence-electron chi connectivity index (χ2n) is 6.60. The first-order chi connectivity index (χ1) is 14.9. The van der Waals surface area contributed by atoms with Crippen LogP contribution in [-0.4, -0.2) is 59.7 Å². The van der Waals surface area contributed by atoms with Gasteiger partial charge in [0.15, 0.2) is 5.09 Å². The first kappa shape index (κ1) is 22.5. The van der Waals surface area contributed by atoms with Gasteiger partial charge in [0.05, 0.1) is 22.6 Å². The molecule has 0 radical (unpaired) electrons. The van der Waals surface area contributed by atoms with Gasteiger partial charge in [-0.3, -0.25) is 19.3 Å². The molecule has 11 heteroatoms. The van der Waals surface area contributed by atoms with Crippen molar-refractivity contribution in [1.82, 2.24) is 9.80 Å². The third kappa shape index (κ3) is 5.38. The highest BCUT2D eigenvalue weighted by atomic mass is 79.9. The van der Waals surface area contributed by atoms with Crippen LogP contribution in [0.2, 0.25) is 5.02 Å². The lowest BCUT2D eigenvalue weighted by molar-refractivity contribution is -0.139. The van der Waals surface area contributed by atoms with Crippen molar-refractivity contribution >= 4 is 74.2 Å². The van der Waals surface area contributed by atoms with E-state index in [4.69, 9.17) is 20.8 Å². The first-order valence-electron chi connectivity index (χ1n) is 9.24. The minimum Gasteiger partial charge on any atom is -0.449 e. The van der Waals surface area contributed by atoms with Crippen molar-refractivity contribution in [1.29, 1.82) is 0 Å². The van der Waals surface area contributed by atoms with Gasteiger partial charge >= 0.3 is 0 Å². The van der Waals surface area contributed by atoms with Crippen LogP contribution in [0.25, 0.3) is 6.08 Å². The summed E-state index contributed by atoms with van der Waals surface area (Å²) in [4.78, 5) is 41.2. The maximum absolute atomic E-state index is 12.7. The van der Waals surface area contributed by atoms with Gasteiger partial charge in [0.25, 0.3) is 11.1 Å². The summed E-state index contributed by atoms with van der Waals surface area (Å²) >= 11 is 11.6. The third-order valence-electron chi connectivity index (χ3n) is 4.50. The van der Waals surface area contributed by atoms with Crippen LogP contribution < -0.4 is 0 Å². The maximum atomic E-state index is 12.7. The molecule has 1 aromatic carbocycles. The van der Waals surface area contributed by atoms with Gasteiger partial charge in [0, 0.05) is 29.1 Å². The molecular formula is C20H16BrClN2O5S2. The Hall–Kier alpha value is -1.72. The Morgan fingerprint density at radius 3 is 2.65 bits per heavy atom. The number of ether oxygens (including phenoxy) is 1. The predicted molar refractivity (Wildman–Crippen MR) is 122 cm³/mol. The Morgan fingerprint density at radius 2 is 1.94 bits per heavy atom. The van der Waals surface area contributed by atoms with Crippen molar-refractivity contribution in [2.45, 2.75) is 9.99 Å². The number of nitrogens with zero attached hydrogens (tertiary/aromatic N) is 2. The molecule has 3 amide bonds. The second-order valence-corrected chi connectivity index (χ2v) is 9.93. The summed E-state index contributed by atoms with van der Waals surface area (Å²) in [7, 11) is 0. The van der Waals surface area contributed by atoms with Crippen molar-refractivity contribution in [3.8, 4) is 0 Å². The van der Waals surface area contributed by atoms with Gasteiger partial charge in [-0.15, -0.1) is 0 Å². The largest absolute Gasteiger partial charge is 0.449 e. The number of amides is 3. The highest BCUT2D eigenvalue weighted by Gasteiger charge is 2.37. The van der Waals surface area contributed by atoms with E-state index in [1.54, 1.807) is 23.1 Å². The second kappa shape index (κ2) is 9.83. The molecule has 0 unspecified atom stereocenters. The fraction of sp³-hybridized carbons (Fsp3) is 0.250. The minimum absolute atomic E-state index is 0.212. The molecule has 0 atom stereocenters. The number of hydrogen-bond acceptors (Lipinski definition) is 7. The van der Waals surface area contributed by atoms with Crippen molar-refractivity contribution in [3.05, 3.63) is 50.5 Å². The Balaban J connectivity index is 1.45. The van der Waals surface area contributed by atoms with E-state index >= 15 is 0 Å². The van der Waals surface area contributed by atoms with Gasteiger partial charge in [-0.2, -0.15) is 0 Å². The number of benzene rings is 1. The molecule has 2 aromatic rings. The van der Waals surface area contributed by atoms with Crippen molar-refractivity contribution in [2.75, 3.05) is 32.8 Å². The smallest absolute Gasteiger partial charge is 0.294 e. The van der Waals surface area contributed by atoms with Gasteiger partial charge in [-0.25, -0.2) is 0 Å². The van der Waals surface area contributed by atoms with Crippen LogP contribution in [0.15, 0.2) is 54.1 Å². The maximum Gasteiger partial charge on any atom is 0.294 e. The summed E-state index contributed by atoms with van der Waals surface area (Å²) in [6.07, 6.45) is 1.51. The topological polar surface area (TPSA) is 80.1 Å². The fourth-order valence-electron chi connectivity index (χ4n) is 2.93. The summed E-state index contributed by atoms with van der Waals surface area (Å²) in [6, 6.07) is 9.05. The monoisotopic (exact) mass is 542 g/mol. The predicted octanol–water partition coefficient (Wildman–Crippen LogP) is 4.74. The van der Waals surface area contributed by atoms with Crippen LogP contribution >= 0.6 is 51.1 Å². The number of carbonyl (C=O) groups is 3. The number of hydrogen-bond donors (Lipinski definition) is 0. The number of carbonyl (C=O) groups excluding carboxylic acids is 3. The van der Waals surface area contributed by atoms with Crippen LogP contribution in [0.3, 0.4) is 0 Å². The molecule has 162 valence electrons. The lowest BCUT2D eigenvalue weighted by Gasteiger charge is -2.27. The van der Waals surface area contributed by atoms with Crippen LogP contribution in [0.4, 0.5) is 4.79 Å². The molecular weight excluding hydrogens is 528 g/mol. The zero-order chi connectivity index (χ0) is 22.0. The molecule has 31 heavy (non-hydrogen) atoms. The molecule has 0 bridgehead atoms. The number of rotatable bonds is 5. The first-order valence-corrected chi connectivity index (χ1v) is 12.0. The molecule has 2 aliphatic heterocycles. The van der Waals surface area contributed by atoms with Crippen molar-refractivity contribution in [2.24, 2.45) is 0 Å². The summed E-state index contributed by atoms with van der Waals surface area (Å²) < 4.78 is 11.8. The van der Waals surface area contributed by atoms with Crippen molar-refractivity contribution in [3.63, 3.8) is 0 Å². The van der Waals surface area contributed by atoms with E-state index in [1.807, 2.05) is 12.1 Å². The van der Waals surface area contributed by atoms with E-state index in [-0.39, 0.29) is 17.4 Å². The highest BCUT2D eigenvalue weighted by Crippen LogP contribution is 2.38. The molecule has 2 aliphatic rings. The van der Waals surface area contributed by atoms with Gasteiger partial charge in [0.1, 0.15) is 12.3 Å². The number of thioether (sulfide) groups is 1. The fourth-order valence-corrected chi connectivity index (χ4v) is 5.21. The molecule has 0 aliphatic carbocycles. The summed E-state index contributed by atoms with van der Waals surface area (Å²) in [6.45, 7) is 1.55. The average Bonchev–Trinajstić information content (AvgIpc) is 3.23. The molecule has 3 heterocycles. The molecule has 0 saturated carbocycles. The molecule has 2 saturated heterocycles. The van der Waals surface area contributed by atoms with Gasteiger partial charge in [-0.1, -0.05) is 23.4 Å². The zero-order valence-electron chi connectivity index (χ0n) is 16.0. The van der Waals surface area contributed by atoms with E-state index in [0.29, 0.717) is 42.2 Å². The summed E-state index contributed by atoms with van der Waals surface area (Å²) in [5, 5.41) is 0.779. The number of halogens is 2. The Bertz CT molecular complexity index is 1050. The van der Waals surface area contributed by atoms with E-state index in [2.05, 4.69) is 15.9 Å². The molecule has 4 rings (SSSR count). The van der Waals surface area contributed by atoms with E-state index in [9.17, 15) is 14.4 Å². The SMILES string of the molecule is O=C(CN1C(=O)S/C(=C/c2cc(Br)c(Sc3ccc(Cl)cc3)o2)C1=O)N1CCOCC1. The van der Waals surface area contributed by atoms with Crippen molar-refractivity contribution < 1.29 is 23.5 Å². The van der Waals surface area contributed by atoms with Gasteiger partial charge in [0.2, 0.25) is 5.91 Å². The summed E-state index contributed by atoms with van der Waals surface area (Å²) in [5.74, 6) is -0.348. The zero-order valence-corrected chi connectivity index (χ0v) is 20.0. The summed E-state index contributed by atoms with van der Waals surface area (Å²) in [5.41, 5.74) is 0. The third-order valence-corrected chi connectivity index (χ3v) is 7.51. The number of imide groups is 1. The minimum atomic E-state index is -0.504. The Kier molecular flexibility index (Phi) is 7.12.